The number of carbonyl (C=O) groups is 1. The zero-order chi connectivity index (χ0) is 11.6. The average Bonchev–Trinajstić information content (AvgIpc) is 2.43. The molecule has 0 spiro atoms. The second kappa shape index (κ2) is 4.58. The number of hydrogen-bond donors (Lipinski definition) is 1. The lowest BCUT2D eigenvalue weighted by Crippen LogP contribution is -2.35. The van der Waals surface area contributed by atoms with Gasteiger partial charge in [-0.3, -0.25) is 0 Å². The van der Waals surface area contributed by atoms with Crippen molar-refractivity contribution in [3.05, 3.63) is 0 Å². The molecule has 0 aromatic rings. The van der Waals surface area contributed by atoms with Gasteiger partial charge in [-0.25, -0.2) is 4.79 Å². The van der Waals surface area contributed by atoms with E-state index >= 15 is 0 Å². The first-order valence-electron chi connectivity index (χ1n) is 5.06. The van der Waals surface area contributed by atoms with E-state index in [1.54, 1.807) is 4.90 Å². The lowest BCUT2D eigenvalue weighted by atomic mass is 10.1. The highest BCUT2D eigenvalue weighted by molar-refractivity contribution is 6.21. The number of ether oxygens (including phenoxy) is 1. The van der Waals surface area contributed by atoms with E-state index in [0.717, 1.165) is 0 Å². The van der Waals surface area contributed by atoms with E-state index in [1.807, 2.05) is 20.8 Å². The first-order chi connectivity index (χ1) is 6.83. The number of aliphatic hydroxyl groups is 1. The molecule has 0 aromatic carbocycles. The van der Waals surface area contributed by atoms with Crippen LogP contribution in [0.15, 0.2) is 0 Å². The number of alkyl halides is 1. The molecule has 1 aliphatic rings. The van der Waals surface area contributed by atoms with E-state index in [-0.39, 0.29) is 24.0 Å². The maximum Gasteiger partial charge on any atom is 0.410 e. The highest BCUT2D eigenvalue weighted by Crippen LogP contribution is 2.23. The lowest BCUT2D eigenvalue weighted by molar-refractivity contribution is 0.0284. The van der Waals surface area contributed by atoms with E-state index in [1.165, 1.54) is 0 Å². The minimum absolute atomic E-state index is 0.00741. The molecule has 1 saturated heterocycles. The predicted molar refractivity (Wildman–Crippen MR) is 58.0 cm³/mol. The molecule has 0 radical (unpaired) electrons. The van der Waals surface area contributed by atoms with Crippen LogP contribution in [0.25, 0.3) is 0 Å². The Morgan fingerprint density at radius 1 is 1.53 bits per heavy atom. The van der Waals surface area contributed by atoms with Crippen molar-refractivity contribution in [1.29, 1.82) is 0 Å². The largest absolute Gasteiger partial charge is 0.444 e. The van der Waals surface area contributed by atoms with Gasteiger partial charge in [0.25, 0.3) is 0 Å². The van der Waals surface area contributed by atoms with Crippen LogP contribution in [0.5, 0.6) is 0 Å². The topological polar surface area (TPSA) is 49.8 Å². The summed E-state index contributed by atoms with van der Waals surface area (Å²) < 4.78 is 5.21. The second-order valence-corrected chi connectivity index (χ2v) is 5.40. The van der Waals surface area contributed by atoms with E-state index < -0.39 is 5.60 Å². The Morgan fingerprint density at radius 2 is 2.13 bits per heavy atom. The third-order valence-electron chi connectivity index (χ3n) is 2.25. The summed E-state index contributed by atoms with van der Waals surface area (Å²) in [5.41, 5.74) is -0.490. The molecule has 1 aliphatic heterocycles. The molecule has 1 fully saturated rings. The van der Waals surface area contributed by atoms with Gasteiger partial charge in [-0.2, -0.15) is 0 Å². The number of likely N-dealkylation sites (tertiary alicyclic amines) is 1. The van der Waals surface area contributed by atoms with Gasteiger partial charge >= 0.3 is 6.09 Å². The maximum atomic E-state index is 11.6. The summed E-state index contributed by atoms with van der Waals surface area (Å²) in [7, 11) is 0. The van der Waals surface area contributed by atoms with Gasteiger partial charge in [-0.15, -0.1) is 11.6 Å². The van der Waals surface area contributed by atoms with Crippen molar-refractivity contribution in [3.63, 3.8) is 0 Å². The Bertz CT molecular complexity index is 239. The molecular formula is C10H18ClNO3. The van der Waals surface area contributed by atoms with Crippen LogP contribution in [0.4, 0.5) is 4.79 Å². The molecule has 2 atom stereocenters. The summed E-state index contributed by atoms with van der Waals surface area (Å²) >= 11 is 5.98. The molecule has 4 nitrogen and oxygen atoms in total. The molecule has 0 aromatic heterocycles. The van der Waals surface area contributed by atoms with Gasteiger partial charge in [0.05, 0.1) is 5.38 Å². The monoisotopic (exact) mass is 235 g/mol. The number of nitrogens with zero attached hydrogens (tertiary/aromatic N) is 1. The fourth-order valence-corrected chi connectivity index (χ4v) is 1.81. The molecule has 5 heteroatoms. The SMILES string of the molecule is CC(C)(C)OC(=O)N1CC(Cl)C(CO)C1. The molecular weight excluding hydrogens is 218 g/mol. The molecule has 0 aliphatic carbocycles. The first kappa shape index (κ1) is 12.6. The molecule has 1 amide bonds. The Balaban J connectivity index is 2.50. The van der Waals surface area contributed by atoms with Crippen LogP contribution >= 0.6 is 11.6 Å². The zero-order valence-corrected chi connectivity index (χ0v) is 10.1. The van der Waals surface area contributed by atoms with E-state index in [9.17, 15) is 4.79 Å². The molecule has 0 saturated carbocycles. The quantitative estimate of drug-likeness (QED) is 0.700. The van der Waals surface area contributed by atoms with Crippen LogP contribution < -0.4 is 0 Å². The van der Waals surface area contributed by atoms with E-state index in [4.69, 9.17) is 21.4 Å². The lowest BCUT2D eigenvalue weighted by Gasteiger charge is -2.24. The van der Waals surface area contributed by atoms with Crippen LogP contribution in [-0.4, -0.2) is 46.8 Å². The number of aliphatic hydroxyl groups excluding tert-OH is 1. The summed E-state index contributed by atoms with van der Waals surface area (Å²) in [6.07, 6.45) is -0.357. The van der Waals surface area contributed by atoms with E-state index in [2.05, 4.69) is 0 Å². The summed E-state index contributed by atoms with van der Waals surface area (Å²) in [4.78, 5) is 13.2. The normalized spacial score (nSPS) is 26.9. The fourth-order valence-electron chi connectivity index (χ4n) is 1.48. The van der Waals surface area contributed by atoms with Crippen molar-refractivity contribution in [1.82, 2.24) is 4.90 Å². The van der Waals surface area contributed by atoms with Crippen molar-refractivity contribution in [2.45, 2.75) is 31.7 Å². The van der Waals surface area contributed by atoms with Crippen LogP contribution in [0.2, 0.25) is 0 Å². The van der Waals surface area contributed by atoms with Gasteiger partial charge in [-0.05, 0) is 20.8 Å². The molecule has 1 heterocycles. The second-order valence-electron chi connectivity index (χ2n) is 4.84. The molecule has 0 bridgehead atoms. The molecule has 1 rings (SSSR count). The molecule has 15 heavy (non-hydrogen) atoms. The van der Waals surface area contributed by atoms with Crippen molar-refractivity contribution >= 4 is 17.7 Å². The van der Waals surface area contributed by atoms with Gasteiger partial charge in [0.15, 0.2) is 0 Å². The minimum Gasteiger partial charge on any atom is -0.444 e. The third kappa shape index (κ3) is 3.54. The average molecular weight is 236 g/mol. The third-order valence-corrected chi connectivity index (χ3v) is 2.74. The van der Waals surface area contributed by atoms with Gasteiger partial charge in [-0.1, -0.05) is 0 Å². The minimum atomic E-state index is -0.490. The Kier molecular flexibility index (Phi) is 3.84. The van der Waals surface area contributed by atoms with Crippen molar-refractivity contribution in [2.24, 2.45) is 5.92 Å². The standard InChI is InChI=1S/C10H18ClNO3/c1-10(2,3)15-9(14)12-4-7(6-13)8(11)5-12/h7-8,13H,4-6H2,1-3H3. The molecule has 88 valence electrons. The van der Waals surface area contributed by atoms with Crippen LogP contribution in [0.1, 0.15) is 20.8 Å². The summed E-state index contributed by atoms with van der Waals surface area (Å²) in [5, 5.41) is 8.83. The Labute approximate surface area is 95.2 Å². The smallest absolute Gasteiger partial charge is 0.410 e. The number of amides is 1. The predicted octanol–water partition coefficient (Wildman–Crippen LogP) is 1.45. The Hall–Kier alpha value is -0.480. The number of hydrogen-bond acceptors (Lipinski definition) is 3. The number of halogens is 1. The van der Waals surface area contributed by atoms with Crippen molar-refractivity contribution in [2.75, 3.05) is 19.7 Å². The summed E-state index contributed by atoms with van der Waals surface area (Å²) in [5.74, 6) is -0.0424. The number of carbonyl (C=O) groups excluding carboxylic acids is 1. The van der Waals surface area contributed by atoms with Gasteiger partial charge in [0.2, 0.25) is 0 Å². The van der Waals surface area contributed by atoms with Crippen LogP contribution in [0.3, 0.4) is 0 Å². The summed E-state index contributed by atoms with van der Waals surface area (Å²) in [6.45, 7) is 6.39. The molecule has 1 N–H and O–H groups in total. The summed E-state index contributed by atoms with van der Waals surface area (Å²) in [6, 6.07) is 0. The zero-order valence-electron chi connectivity index (χ0n) is 9.36. The first-order valence-corrected chi connectivity index (χ1v) is 5.50. The fraction of sp³-hybridized carbons (Fsp3) is 0.900. The van der Waals surface area contributed by atoms with Crippen molar-refractivity contribution < 1.29 is 14.6 Å². The van der Waals surface area contributed by atoms with Crippen LogP contribution in [-0.2, 0) is 4.74 Å². The highest BCUT2D eigenvalue weighted by Gasteiger charge is 2.35. The Morgan fingerprint density at radius 3 is 2.53 bits per heavy atom. The molecule has 2 unspecified atom stereocenters. The van der Waals surface area contributed by atoms with Gasteiger partial charge in [0.1, 0.15) is 5.60 Å². The number of rotatable bonds is 1. The van der Waals surface area contributed by atoms with E-state index in [0.29, 0.717) is 13.1 Å². The highest BCUT2D eigenvalue weighted by atomic mass is 35.5. The van der Waals surface area contributed by atoms with Gasteiger partial charge in [0, 0.05) is 25.6 Å². The van der Waals surface area contributed by atoms with Crippen molar-refractivity contribution in [3.8, 4) is 0 Å². The van der Waals surface area contributed by atoms with Gasteiger partial charge < -0.3 is 14.7 Å². The van der Waals surface area contributed by atoms with Crippen LogP contribution in [0, 0.1) is 5.92 Å². The maximum absolute atomic E-state index is 11.6.